The molecule has 0 aliphatic carbocycles. The van der Waals surface area contributed by atoms with E-state index in [4.69, 9.17) is 4.98 Å². The van der Waals surface area contributed by atoms with Crippen molar-refractivity contribution in [3.63, 3.8) is 0 Å². The van der Waals surface area contributed by atoms with Crippen LogP contribution in [0, 0.1) is 12.8 Å². The monoisotopic (exact) mass is 372 g/mol. The van der Waals surface area contributed by atoms with Gasteiger partial charge in [0.1, 0.15) is 5.82 Å². The van der Waals surface area contributed by atoms with E-state index in [0.717, 1.165) is 56.3 Å². The minimum Gasteiger partial charge on any atom is -0.356 e. The zero-order chi connectivity index (χ0) is 18.4. The largest absolute Gasteiger partial charge is 0.356 e. The molecule has 1 saturated heterocycles. The maximum atomic E-state index is 11.6. The van der Waals surface area contributed by atoms with Gasteiger partial charge in [-0.15, -0.1) is 0 Å². The zero-order valence-corrected chi connectivity index (χ0v) is 16.5. The van der Waals surface area contributed by atoms with Gasteiger partial charge in [0.05, 0.1) is 0 Å². The average molecular weight is 373 g/mol. The number of aromatic nitrogens is 2. The molecule has 1 aliphatic heterocycles. The molecule has 1 aliphatic rings. The lowest BCUT2D eigenvalue weighted by molar-refractivity contribution is -0.121. The molecule has 0 spiro atoms. The fraction of sp³-hybridized carbons (Fsp3) is 0.550. The first-order valence-corrected chi connectivity index (χ1v) is 10.3. The van der Waals surface area contributed by atoms with Gasteiger partial charge < -0.3 is 10.2 Å². The summed E-state index contributed by atoms with van der Waals surface area (Å²) in [6, 6.07) is 8.56. The summed E-state index contributed by atoms with van der Waals surface area (Å²) < 4.78 is 4.54. The number of hydrogen-bond acceptors (Lipinski definition) is 5. The fourth-order valence-electron chi connectivity index (χ4n) is 3.24. The highest BCUT2D eigenvalue weighted by Gasteiger charge is 2.22. The first-order valence-electron chi connectivity index (χ1n) is 9.54. The normalized spacial score (nSPS) is 15.2. The van der Waals surface area contributed by atoms with Gasteiger partial charge in [-0.25, -0.2) is 4.98 Å². The minimum atomic E-state index is 0.180. The lowest BCUT2D eigenvalue weighted by Gasteiger charge is -2.31. The Morgan fingerprint density at radius 1 is 1.27 bits per heavy atom. The van der Waals surface area contributed by atoms with Crippen LogP contribution in [0.4, 0.5) is 5.13 Å². The maximum Gasteiger partial charge on any atom is 0.219 e. The lowest BCUT2D eigenvalue weighted by atomic mass is 9.97. The Kier molecular flexibility index (Phi) is 6.61. The predicted octanol–water partition coefficient (Wildman–Crippen LogP) is 3.57. The van der Waals surface area contributed by atoms with Crippen LogP contribution in [0.1, 0.15) is 49.6 Å². The number of carbonyl (C=O) groups excluding carboxylic acids is 1. The summed E-state index contributed by atoms with van der Waals surface area (Å²) in [6.45, 7) is 6.93. The molecule has 26 heavy (non-hydrogen) atoms. The molecule has 1 aromatic heterocycles. The molecule has 0 saturated carbocycles. The van der Waals surface area contributed by atoms with Crippen molar-refractivity contribution in [1.82, 2.24) is 14.7 Å². The molecular weight excluding hydrogens is 344 g/mol. The Labute approximate surface area is 160 Å². The van der Waals surface area contributed by atoms with E-state index >= 15 is 0 Å². The Morgan fingerprint density at radius 3 is 2.69 bits per heavy atom. The van der Waals surface area contributed by atoms with Crippen LogP contribution in [-0.4, -0.2) is 34.9 Å². The standard InChI is InChI=1S/C20H28N4OS/c1-3-4-19(25)21-14-17-9-11-24(12-10-17)20-22-18(23-26-20)13-16-7-5-15(2)6-8-16/h5-8,17H,3-4,9-14H2,1-2H3,(H,21,25). The smallest absolute Gasteiger partial charge is 0.219 e. The van der Waals surface area contributed by atoms with Crippen molar-refractivity contribution in [3.05, 3.63) is 41.2 Å². The number of carbonyl (C=O) groups is 1. The van der Waals surface area contributed by atoms with E-state index in [9.17, 15) is 4.79 Å². The van der Waals surface area contributed by atoms with Gasteiger partial charge in [-0.3, -0.25) is 4.79 Å². The number of rotatable bonds is 7. The van der Waals surface area contributed by atoms with Crippen molar-refractivity contribution >= 4 is 22.6 Å². The highest BCUT2D eigenvalue weighted by molar-refractivity contribution is 7.09. The molecule has 3 rings (SSSR count). The third-order valence-corrected chi connectivity index (χ3v) is 5.71. The Morgan fingerprint density at radius 2 is 2.00 bits per heavy atom. The second-order valence-electron chi connectivity index (χ2n) is 7.14. The summed E-state index contributed by atoms with van der Waals surface area (Å²) >= 11 is 1.50. The summed E-state index contributed by atoms with van der Waals surface area (Å²) in [5, 5.41) is 4.09. The van der Waals surface area contributed by atoms with Crippen molar-refractivity contribution in [2.24, 2.45) is 5.92 Å². The number of aryl methyl sites for hydroxylation is 1. The van der Waals surface area contributed by atoms with Crippen LogP contribution in [-0.2, 0) is 11.2 Å². The van der Waals surface area contributed by atoms with Gasteiger partial charge >= 0.3 is 0 Å². The molecular formula is C20H28N4OS. The topological polar surface area (TPSA) is 58.1 Å². The first-order chi connectivity index (χ1) is 12.6. The van der Waals surface area contributed by atoms with Crippen LogP contribution in [0.2, 0.25) is 0 Å². The first kappa shape index (κ1) is 18.8. The fourth-order valence-corrected chi connectivity index (χ4v) is 3.97. The second-order valence-corrected chi connectivity index (χ2v) is 7.87. The highest BCUT2D eigenvalue weighted by atomic mass is 32.1. The maximum absolute atomic E-state index is 11.6. The molecule has 1 fully saturated rings. The van der Waals surface area contributed by atoms with E-state index in [-0.39, 0.29) is 5.91 Å². The predicted molar refractivity (Wildman–Crippen MR) is 107 cm³/mol. The third kappa shape index (κ3) is 5.27. The minimum absolute atomic E-state index is 0.180. The van der Waals surface area contributed by atoms with E-state index in [1.807, 2.05) is 6.92 Å². The van der Waals surface area contributed by atoms with Gasteiger partial charge in [0.2, 0.25) is 11.0 Å². The molecule has 1 aromatic carbocycles. The molecule has 0 atom stereocenters. The van der Waals surface area contributed by atoms with Crippen LogP contribution in [0.3, 0.4) is 0 Å². The van der Waals surface area contributed by atoms with Gasteiger partial charge in [-0.2, -0.15) is 4.37 Å². The third-order valence-electron chi connectivity index (χ3n) is 4.89. The molecule has 2 aromatic rings. The number of benzene rings is 1. The SMILES string of the molecule is CCCC(=O)NCC1CCN(c2nc(Cc3ccc(C)cc3)ns2)CC1. The quantitative estimate of drug-likeness (QED) is 0.807. The molecule has 0 radical (unpaired) electrons. The van der Waals surface area contributed by atoms with Gasteiger partial charge in [0, 0.05) is 44.0 Å². The van der Waals surface area contributed by atoms with E-state index in [1.54, 1.807) is 0 Å². The van der Waals surface area contributed by atoms with Gasteiger partial charge in [-0.1, -0.05) is 36.8 Å². The second kappa shape index (κ2) is 9.12. The highest BCUT2D eigenvalue weighted by Crippen LogP contribution is 2.25. The van der Waals surface area contributed by atoms with Crippen LogP contribution >= 0.6 is 11.5 Å². The Bertz CT molecular complexity index is 705. The summed E-state index contributed by atoms with van der Waals surface area (Å²) in [7, 11) is 0. The molecule has 140 valence electrons. The summed E-state index contributed by atoms with van der Waals surface area (Å²) in [4.78, 5) is 18.7. The van der Waals surface area contributed by atoms with Crippen molar-refractivity contribution in [2.75, 3.05) is 24.5 Å². The van der Waals surface area contributed by atoms with Crippen molar-refractivity contribution < 1.29 is 4.79 Å². The summed E-state index contributed by atoms with van der Waals surface area (Å²) in [5.41, 5.74) is 2.52. The number of nitrogens with one attached hydrogen (secondary N) is 1. The van der Waals surface area contributed by atoms with Crippen LogP contribution in [0.15, 0.2) is 24.3 Å². The number of amides is 1. The van der Waals surface area contributed by atoms with Gasteiger partial charge in [-0.05, 0) is 37.7 Å². The van der Waals surface area contributed by atoms with Crippen molar-refractivity contribution in [2.45, 2.75) is 46.0 Å². The van der Waals surface area contributed by atoms with Crippen LogP contribution in [0.25, 0.3) is 0 Å². The summed E-state index contributed by atoms with van der Waals surface area (Å²) in [6.07, 6.45) is 4.52. The van der Waals surface area contributed by atoms with E-state index in [0.29, 0.717) is 12.3 Å². The average Bonchev–Trinajstić information content (AvgIpc) is 3.11. The molecule has 1 amide bonds. The molecule has 6 heteroatoms. The van der Waals surface area contributed by atoms with Gasteiger partial charge in [0.25, 0.3) is 0 Å². The number of anilines is 1. The Balaban J connectivity index is 1.47. The van der Waals surface area contributed by atoms with Gasteiger partial charge in [0.15, 0.2) is 0 Å². The number of piperidine rings is 1. The zero-order valence-electron chi connectivity index (χ0n) is 15.7. The molecule has 1 N–H and O–H groups in total. The van der Waals surface area contributed by atoms with Crippen LogP contribution < -0.4 is 10.2 Å². The van der Waals surface area contributed by atoms with E-state index in [2.05, 4.69) is 45.8 Å². The number of hydrogen-bond donors (Lipinski definition) is 1. The van der Waals surface area contributed by atoms with Crippen molar-refractivity contribution in [1.29, 1.82) is 0 Å². The molecule has 5 nitrogen and oxygen atoms in total. The van der Waals surface area contributed by atoms with Crippen molar-refractivity contribution in [3.8, 4) is 0 Å². The lowest BCUT2D eigenvalue weighted by Crippen LogP contribution is -2.38. The number of nitrogens with zero attached hydrogens (tertiary/aromatic N) is 3. The Hall–Kier alpha value is -1.95. The van der Waals surface area contributed by atoms with E-state index in [1.165, 1.54) is 22.7 Å². The van der Waals surface area contributed by atoms with Crippen LogP contribution in [0.5, 0.6) is 0 Å². The molecule has 0 unspecified atom stereocenters. The van der Waals surface area contributed by atoms with E-state index < -0.39 is 0 Å². The molecule has 0 bridgehead atoms. The molecule has 2 heterocycles. The summed E-state index contributed by atoms with van der Waals surface area (Å²) in [5.74, 6) is 1.66.